The first kappa shape index (κ1) is 24.7. The van der Waals surface area contributed by atoms with E-state index >= 15 is 0 Å². The number of Topliss-reactive ketones (excluding diaryl/α,β-unsaturated/α-hetero) is 1. The maximum absolute atomic E-state index is 11.6. The first-order chi connectivity index (χ1) is 13.0. The van der Waals surface area contributed by atoms with Crippen molar-refractivity contribution in [2.75, 3.05) is 11.5 Å². The highest BCUT2D eigenvalue weighted by molar-refractivity contribution is 7.91. The Morgan fingerprint density at radius 1 is 1.14 bits per heavy atom. The van der Waals surface area contributed by atoms with Crippen LogP contribution in [0.1, 0.15) is 90.2 Å². The number of carbonyl (C=O) groups excluding carboxylic acids is 1. The minimum atomic E-state index is -2.71. The minimum Gasteiger partial charge on any atom is -0.291 e. The van der Waals surface area contributed by atoms with E-state index in [-0.39, 0.29) is 11.2 Å². The molecule has 2 rings (SSSR count). The Kier molecular flexibility index (Phi) is 10.3. The van der Waals surface area contributed by atoms with Crippen molar-refractivity contribution in [3.8, 4) is 0 Å². The molecule has 0 saturated heterocycles. The number of hydrogen-bond acceptors (Lipinski definition) is 5. The van der Waals surface area contributed by atoms with Crippen molar-refractivity contribution < 1.29 is 13.2 Å². The number of sulfone groups is 1. The van der Waals surface area contributed by atoms with E-state index in [1.807, 2.05) is 0 Å². The highest BCUT2D eigenvalue weighted by Gasteiger charge is 2.27. The lowest BCUT2D eigenvalue weighted by Crippen LogP contribution is -2.12. The monoisotopic (exact) mass is 410 g/mol. The summed E-state index contributed by atoms with van der Waals surface area (Å²) in [6.45, 7) is 10.8. The molecular formula is C22H38N2O3S. The fraction of sp³-hybridized carbons (Fsp3) is 0.773. The molecule has 160 valence electrons. The molecule has 1 aliphatic rings. The van der Waals surface area contributed by atoms with Crippen LogP contribution in [0.4, 0.5) is 0 Å². The number of carbonyl (C=O) groups is 1. The highest BCUT2D eigenvalue weighted by atomic mass is 32.2. The molecule has 6 heteroatoms. The van der Waals surface area contributed by atoms with Crippen LogP contribution in [0.2, 0.25) is 0 Å². The zero-order valence-electron chi connectivity index (χ0n) is 18.3. The SMILES string of the molecule is CC(C)(C)CCCC(=O)c1ncccn1.CC(C)CCCS(=O)(=O)CC1CC1. The summed E-state index contributed by atoms with van der Waals surface area (Å²) in [5.74, 6) is 2.36. The molecule has 0 bridgehead atoms. The average molecular weight is 411 g/mol. The molecule has 0 N–H and O–H groups in total. The molecule has 0 spiro atoms. The predicted molar refractivity (Wildman–Crippen MR) is 115 cm³/mol. The molecule has 1 fully saturated rings. The van der Waals surface area contributed by atoms with Crippen molar-refractivity contribution in [2.24, 2.45) is 17.3 Å². The third-order valence-electron chi connectivity index (χ3n) is 4.57. The normalized spacial score (nSPS) is 14.5. The molecule has 1 saturated carbocycles. The van der Waals surface area contributed by atoms with Crippen LogP contribution in [0.5, 0.6) is 0 Å². The molecule has 0 radical (unpaired) electrons. The van der Waals surface area contributed by atoms with Gasteiger partial charge in [-0.2, -0.15) is 0 Å². The lowest BCUT2D eigenvalue weighted by atomic mass is 9.89. The van der Waals surface area contributed by atoms with Gasteiger partial charge in [0.05, 0.1) is 11.5 Å². The molecule has 1 aromatic heterocycles. The number of hydrogen-bond donors (Lipinski definition) is 0. The molecule has 0 atom stereocenters. The molecule has 5 nitrogen and oxygen atoms in total. The lowest BCUT2D eigenvalue weighted by molar-refractivity contribution is 0.0965. The second-order valence-corrected chi connectivity index (χ2v) is 11.7. The van der Waals surface area contributed by atoms with Gasteiger partial charge in [0.1, 0.15) is 0 Å². The van der Waals surface area contributed by atoms with Gasteiger partial charge < -0.3 is 0 Å². The molecule has 1 aliphatic carbocycles. The van der Waals surface area contributed by atoms with E-state index < -0.39 is 9.84 Å². The van der Waals surface area contributed by atoms with Gasteiger partial charge in [-0.1, -0.05) is 41.0 Å². The summed E-state index contributed by atoms with van der Waals surface area (Å²) in [7, 11) is -2.71. The Hall–Kier alpha value is -1.30. The van der Waals surface area contributed by atoms with E-state index in [9.17, 15) is 13.2 Å². The molecule has 0 aromatic carbocycles. The number of rotatable bonds is 10. The number of nitrogens with zero attached hydrogens (tertiary/aromatic N) is 2. The van der Waals surface area contributed by atoms with Crippen LogP contribution in [0, 0.1) is 17.3 Å². The van der Waals surface area contributed by atoms with Crippen molar-refractivity contribution >= 4 is 15.6 Å². The minimum absolute atomic E-state index is 0.0415. The summed E-state index contributed by atoms with van der Waals surface area (Å²) in [6.07, 6.45) is 9.82. The molecule has 28 heavy (non-hydrogen) atoms. The Morgan fingerprint density at radius 2 is 1.75 bits per heavy atom. The smallest absolute Gasteiger partial charge is 0.200 e. The summed E-state index contributed by atoms with van der Waals surface area (Å²) in [6, 6.07) is 1.71. The zero-order chi connectivity index (χ0) is 21.2. The maximum Gasteiger partial charge on any atom is 0.200 e. The maximum atomic E-state index is 11.6. The Balaban J connectivity index is 0.000000283. The first-order valence-electron chi connectivity index (χ1n) is 10.5. The summed E-state index contributed by atoms with van der Waals surface area (Å²) in [5, 5.41) is 0. The summed E-state index contributed by atoms with van der Waals surface area (Å²) >= 11 is 0. The van der Waals surface area contributed by atoms with Crippen molar-refractivity contribution in [1.29, 1.82) is 0 Å². The third-order valence-corrected chi connectivity index (χ3v) is 6.46. The molecule has 0 amide bonds. The van der Waals surface area contributed by atoms with Gasteiger partial charge >= 0.3 is 0 Å². The van der Waals surface area contributed by atoms with Gasteiger partial charge in [0, 0.05) is 18.8 Å². The highest BCUT2D eigenvalue weighted by Crippen LogP contribution is 2.30. The van der Waals surface area contributed by atoms with Gasteiger partial charge in [-0.15, -0.1) is 0 Å². The fourth-order valence-corrected chi connectivity index (χ4v) is 4.60. The number of ketones is 1. The van der Waals surface area contributed by atoms with Crippen molar-refractivity contribution in [3.63, 3.8) is 0 Å². The van der Waals surface area contributed by atoms with Crippen molar-refractivity contribution in [3.05, 3.63) is 24.3 Å². The summed E-state index contributed by atoms with van der Waals surface area (Å²) in [5.41, 5.74) is 0.290. The predicted octanol–water partition coefficient (Wildman–Crippen LogP) is 5.12. The van der Waals surface area contributed by atoms with Crippen LogP contribution in [0.25, 0.3) is 0 Å². The van der Waals surface area contributed by atoms with Gasteiger partial charge in [-0.25, -0.2) is 18.4 Å². The van der Waals surface area contributed by atoms with Crippen molar-refractivity contribution in [1.82, 2.24) is 9.97 Å². The second kappa shape index (κ2) is 11.6. The van der Waals surface area contributed by atoms with Gasteiger partial charge in [0.15, 0.2) is 21.4 Å². The van der Waals surface area contributed by atoms with Gasteiger partial charge in [0.25, 0.3) is 0 Å². The van der Waals surface area contributed by atoms with E-state index in [0.717, 1.165) is 38.5 Å². The Labute approximate surface area is 171 Å². The molecule has 0 unspecified atom stereocenters. The zero-order valence-corrected chi connectivity index (χ0v) is 19.1. The van der Waals surface area contributed by atoms with E-state index in [1.165, 1.54) is 0 Å². The van der Waals surface area contributed by atoms with E-state index in [4.69, 9.17) is 0 Å². The van der Waals surface area contributed by atoms with E-state index in [0.29, 0.717) is 35.6 Å². The lowest BCUT2D eigenvalue weighted by Gasteiger charge is -2.16. The third kappa shape index (κ3) is 13.0. The molecule has 0 aliphatic heterocycles. The average Bonchev–Trinajstić information content (AvgIpc) is 3.37. The van der Waals surface area contributed by atoms with Gasteiger partial charge in [0.2, 0.25) is 0 Å². The van der Waals surface area contributed by atoms with Gasteiger partial charge in [-0.05, 0) is 55.4 Å². The number of aromatic nitrogens is 2. The largest absolute Gasteiger partial charge is 0.291 e. The Morgan fingerprint density at radius 3 is 2.25 bits per heavy atom. The van der Waals surface area contributed by atoms with Crippen LogP contribution in [0.15, 0.2) is 18.5 Å². The quantitative estimate of drug-likeness (QED) is 0.500. The van der Waals surface area contributed by atoms with Crippen LogP contribution >= 0.6 is 0 Å². The van der Waals surface area contributed by atoms with Crippen LogP contribution in [-0.2, 0) is 9.84 Å². The van der Waals surface area contributed by atoms with E-state index in [1.54, 1.807) is 18.5 Å². The standard InChI is InChI=1S/C12H18N2O.C10H20O2S/c1-12(2,3)7-4-6-10(15)11-13-8-5-9-14-11;1-9(2)4-3-7-13(11,12)8-10-5-6-10/h5,8-9H,4,6-7H2,1-3H3;9-10H,3-8H2,1-2H3. The van der Waals surface area contributed by atoms with Gasteiger partial charge in [-0.3, -0.25) is 4.79 Å². The van der Waals surface area contributed by atoms with Crippen LogP contribution in [0.3, 0.4) is 0 Å². The van der Waals surface area contributed by atoms with Crippen molar-refractivity contribution in [2.45, 2.75) is 79.6 Å². The topological polar surface area (TPSA) is 77.0 Å². The van der Waals surface area contributed by atoms with Crippen LogP contribution in [-0.4, -0.2) is 35.7 Å². The van der Waals surface area contributed by atoms with Crippen LogP contribution < -0.4 is 0 Å². The first-order valence-corrected chi connectivity index (χ1v) is 12.3. The Bertz CT molecular complexity index is 675. The molecule has 1 heterocycles. The summed E-state index contributed by atoms with van der Waals surface area (Å²) < 4.78 is 22.9. The molecule has 1 aromatic rings. The summed E-state index contributed by atoms with van der Waals surface area (Å²) in [4.78, 5) is 19.5. The van der Waals surface area contributed by atoms with E-state index in [2.05, 4.69) is 44.6 Å². The second-order valence-electron chi connectivity index (χ2n) is 9.50. The molecular weight excluding hydrogens is 372 g/mol. The fourth-order valence-electron chi connectivity index (χ4n) is 2.77.